The first-order chi connectivity index (χ1) is 20.0. The van der Waals surface area contributed by atoms with Crippen LogP contribution in [-0.2, 0) is 17.8 Å². The SMILES string of the molecule is CN1C(=O)C(NC(=O)c2n[nH]c(Cc3ccccc3)n2)COc2ccc(CN3CCN(C4C=CN=CC4)CC3)cc21. The molecular formula is C30H34N8O3. The molecule has 1 saturated heterocycles. The number of aliphatic imine (C=N–C) groups is 1. The summed E-state index contributed by atoms with van der Waals surface area (Å²) in [5, 5.41) is 9.62. The molecular weight excluding hydrogens is 520 g/mol. The Morgan fingerprint density at radius 3 is 2.71 bits per heavy atom. The number of piperazine rings is 1. The largest absolute Gasteiger partial charge is 0.489 e. The molecule has 1 fully saturated rings. The van der Waals surface area contributed by atoms with Gasteiger partial charge in [-0.15, -0.1) is 5.10 Å². The van der Waals surface area contributed by atoms with Crippen LogP contribution in [0.4, 0.5) is 5.69 Å². The summed E-state index contributed by atoms with van der Waals surface area (Å²) in [5.41, 5.74) is 2.85. The van der Waals surface area contributed by atoms with E-state index in [4.69, 9.17) is 4.74 Å². The first kappa shape index (κ1) is 26.9. The van der Waals surface area contributed by atoms with E-state index in [9.17, 15) is 9.59 Å². The smallest absolute Gasteiger partial charge is 0.291 e. The summed E-state index contributed by atoms with van der Waals surface area (Å²) in [7, 11) is 1.71. The number of fused-ring (bicyclic) bond motifs is 1. The zero-order valence-electron chi connectivity index (χ0n) is 23.1. The molecule has 0 spiro atoms. The lowest BCUT2D eigenvalue weighted by molar-refractivity contribution is -0.120. The van der Waals surface area contributed by atoms with Crippen molar-refractivity contribution in [3.8, 4) is 5.75 Å². The summed E-state index contributed by atoms with van der Waals surface area (Å²) < 4.78 is 5.99. The number of carbonyl (C=O) groups is 2. The van der Waals surface area contributed by atoms with Gasteiger partial charge in [-0.3, -0.25) is 29.5 Å². The van der Waals surface area contributed by atoms with Gasteiger partial charge in [-0.2, -0.15) is 0 Å². The van der Waals surface area contributed by atoms with Crippen LogP contribution in [0.2, 0.25) is 0 Å². The van der Waals surface area contributed by atoms with E-state index < -0.39 is 11.9 Å². The Morgan fingerprint density at radius 1 is 1.10 bits per heavy atom. The predicted octanol–water partition coefficient (Wildman–Crippen LogP) is 2.02. The summed E-state index contributed by atoms with van der Waals surface area (Å²) in [4.78, 5) is 41.3. The number of anilines is 1. The average Bonchev–Trinajstić information content (AvgIpc) is 3.45. The number of nitrogens with one attached hydrogen (secondary N) is 2. The Kier molecular flexibility index (Phi) is 7.88. The summed E-state index contributed by atoms with van der Waals surface area (Å²) in [6, 6.07) is 15.3. The van der Waals surface area contributed by atoms with Gasteiger partial charge in [0, 0.05) is 71.1 Å². The highest BCUT2D eigenvalue weighted by Crippen LogP contribution is 2.32. The Hall–Kier alpha value is -4.35. The molecule has 0 saturated carbocycles. The minimum atomic E-state index is -0.869. The second kappa shape index (κ2) is 12.0. The molecule has 11 nitrogen and oxygen atoms in total. The minimum absolute atomic E-state index is 0.0110. The molecule has 2 N–H and O–H groups in total. The van der Waals surface area contributed by atoms with Gasteiger partial charge in [-0.25, -0.2) is 4.98 Å². The Morgan fingerprint density at radius 2 is 1.93 bits per heavy atom. The number of ether oxygens (including phenoxy) is 1. The number of hydrogen-bond acceptors (Lipinski definition) is 8. The summed E-state index contributed by atoms with van der Waals surface area (Å²) in [5.74, 6) is 0.386. The average molecular weight is 555 g/mol. The molecule has 2 atom stereocenters. The molecule has 4 heterocycles. The lowest BCUT2D eigenvalue weighted by Gasteiger charge is -2.38. The van der Waals surface area contributed by atoms with Crippen LogP contribution in [0.15, 0.2) is 65.8 Å². The van der Waals surface area contributed by atoms with Gasteiger partial charge in [0.05, 0.1) is 5.69 Å². The van der Waals surface area contributed by atoms with Crippen LogP contribution >= 0.6 is 0 Å². The number of likely N-dealkylation sites (N-methyl/N-ethyl adjacent to an activating group) is 1. The maximum atomic E-state index is 13.4. The van der Waals surface area contributed by atoms with Gasteiger partial charge in [0.2, 0.25) is 5.82 Å². The fraction of sp³-hybridized carbons (Fsp3) is 0.367. The summed E-state index contributed by atoms with van der Waals surface area (Å²) in [6.45, 7) is 4.79. The van der Waals surface area contributed by atoms with Crippen LogP contribution < -0.4 is 15.0 Å². The molecule has 3 aliphatic heterocycles. The van der Waals surface area contributed by atoms with Gasteiger partial charge in [0.25, 0.3) is 11.8 Å². The van der Waals surface area contributed by atoms with Crippen molar-refractivity contribution in [1.29, 1.82) is 0 Å². The van der Waals surface area contributed by atoms with Gasteiger partial charge >= 0.3 is 0 Å². The second-order valence-corrected chi connectivity index (χ2v) is 10.6. The Bertz CT molecular complexity index is 1440. The molecule has 1 aromatic heterocycles. The molecule has 0 radical (unpaired) electrons. The minimum Gasteiger partial charge on any atom is -0.489 e. The van der Waals surface area contributed by atoms with E-state index in [-0.39, 0.29) is 18.3 Å². The molecule has 11 heteroatoms. The lowest BCUT2D eigenvalue weighted by Crippen LogP contribution is -2.49. The summed E-state index contributed by atoms with van der Waals surface area (Å²) in [6.07, 6.45) is 7.55. The highest BCUT2D eigenvalue weighted by atomic mass is 16.5. The van der Waals surface area contributed by atoms with E-state index in [0.717, 1.165) is 50.3 Å². The van der Waals surface area contributed by atoms with Gasteiger partial charge in [-0.05, 0) is 29.3 Å². The lowest BCUT2D eigenvalue weighted by atomic mass is 10.1. The van der Waals surface area contributed by atoms with Crippen LogP contribution in [0.1, 0.15) is 34.0 Å². The highest BCUT2D eigenvalue weighted by molar-refractivity contribution is 6.02. The number of aromatic amines is 1. The highest BCUT2D eigenvalue weighted by Gasteiger charge is 2.32. The predicted molar refractivity (Wildman–Crippen MR) is 155 cm³/mol. The molecule has 0 aliphatic carbocycles. The van der Waals surface area contributed by atoms with Gasteiger partial charge in [-0.1, -0.05) is 36.4 Å². The van der Waals surface area contributed by atoms with Crippen LogP contribution in [0, 0.1) is 0 Å². The fourth-order valence-corrected chi connectivity index (χ4v) is 5.47. The third-order valence-corrected chi connectivity index (χ3v) is 7.80. The van der Waals surface area contributed by atoms with Crippen molar-refractivity contribution in [3.05, 3.63) is 83.6 Å². The molecule has 212 valence electrons. The topological polar surface area (TPSA) is 119 Å². The van der Waals surface area contributed by atoms with Crippen molar-refractivity contribution in [2.75, 3.05) is 44.7 Å². The number of nitrogens with zero attached hydrogens (tertiary/aromatic N) is 6. The zero-order valence-corrected chi connectivity index (χ0v) is 23.1. The quantitative estimate of drug-likeness (QED) is 0.459. The number of hydrogen-bond donors (Lipinski definition) is 2. The summed E-state index contributed by atoms with van der Waals surface area (Å²) >= 11 is 0. The number of H-pyrrole nitrogens is 1. The van der Waals surface area contributed by atoms with Gasteiger partial charge in [0.15, 0.2) is 0 Å². The van der Waals surface area contributed by atoms with Crippen molar-refractivity contribution in [2.45, 2.75) is 31.5 Å². The number of benzene rings is 2. The first-order valence-electron chi connectivity index (χ1n) is 14.0. The Balaban J connectivity index is 1.05. The number of carbonyl (C=O) groups excluding carboxylic acids is 2. The first-order valence-corrected chi connectivity index (χ1v) is 14.0. The van der Waals surface area contributed by atoms with Crippen LogP contribution in [0.3, 0.4) is 0 Å². The number of amides is 2. The standard InChI is InChI=1S/C30H34N8O3/c1-36-25-17-22(19-37-13-15-38(16-14-37)23-9-11-31-12-10-23)7-8-26(25)41-20-24(30(36)40)32-29(39)28-33-27(34-35-28)18-21-5-3-2-4-6-21/h2-9,11-12,17,23-24H,10,13-16,18-20H2,1H3,(H,32,39)(H,33,34,35). The fourth-order valence-electron chi connectivity index (χ4n) is 5.47. The van der Waals surface area contributed by atoms with Gasteiger partial charge in [0.1, 0.15) is 24.2 Å². The van der Waals surface area contributed by atoms with Crippen LogP contribution in [0.25, 0.3) is 0 Å². The van der Waals surface area contributed by atoms with Crippen molar-refractivity contribution < 1.29 is 14.3 Å². The third kappa shape index (κ3) is 6.21. The van der Waals surface area contributed by atoms with Crippen molar-refractivity contribution in [2.24, 2.45) is 4.99 Å². The van der Waals surface area contributed by atoms with Crippen molar-refractivity contribution in [1.82, 2.24) is 30.3 Å². The molecule has 6 rings (SSSR count). The van der Waals surface area contributed by atoms with Crippen LogP contribution in [0.5, 0.6) is 5.75 Å². The Labute approximate surface area is 238 Å². The molecule has 2 aromatic carbocycles. The molecule has 41 heavy (non-hydrogen) atoms. The molecule has 3 aromatic rings. The third-order valence-electron chi connectivity index (χ3n) is 7.80. The maximum Gasteiger partial charge on any atom is 0.291 e. The van der Waals surface area contributed by atoms with Gasteiger partial charge < -0.3 is 15.0 Å². The van der Waals surface area contributed by atoms with Crippen LogP contribution in [-0.4, -0.2) is 94.9 Å². The van der Waals surface area contributed by atoms with E-state index >= 15 is 0 Å². The second-order valence-electron chi connectivity index (χ2n) is 10.6. The number of rotatable bonds is 7. The molecule has 2 amide bonds. The monoisotopic (exact) mass is 554 g/mol. The normalized spacial score (nSPS) is 21.3. The van der Waals surface area contributed by atoms with E-state index in [1.807, 2.05) is 60.9 Å². The zero-order chi connectivity index (χ0) is 28.2. The van der Waals surface area contributed by atoms with E-state index in [1.165, 1.54) is 0 Å². The van der Waals surface area contributed by atoms with E-state index in [2.05, 4.69) is 41.4 Å². The van der Waals surface area contributed by atoms with Crippen molar-refractivity contribution in [3.63, 3.8) is 0 Å². The number of aromatic nitrogens is 3. The molecule has 0 bridgehead atoms. The maximum absolute atomic E-state index is 13.4. The van der Waals surface area contributed by atoms with E-state index in [0.29, 0.717) is 29.7 Å². The van der Waals surface area contributed by atoms with Crippen molar-refractivity contribution >= 4 is 23.7 Å². The molecule has 3 aliphatic rings. The van der Waals surface area contributed by atoms with E-state index in [1.54, 1.807) is 11.9 Å². The molecule has 2 unspecified atom stereocenters.